The molecule has 0 fully saturated rings. The fraction of sp³-hybridized carbons (Fsp3) is 0.176. The maximum absolute atomic E-state index is 13.0. The van der Waals surface area contributed by atoms with Crippen molar-refractivity contribution in [1.29, 1.82) is 0 Å². The van der Waals surface area contributed by atoms with E-state index < -0.39 is 44.4 Å². The van der Waals surface area contributed by atoms with Crippen LogP contribution in [0.25, 0.3) is 0 Å². The van der Waals surface area contributed by atoms with Gasteiger partial charge in [-0.1, -0.05) is 24.3 Å². The Morgan fingerprint density at radius 2 is 1.79 bits per heavy atom. The number of hydrogen-bond donors (Lipinski definition) is 2. The summed E-state index contributed by atoms with van der Waals surface area (Å²) in [6.07, 6.45) is 0. The van der Waals surface area contributed by atoms with Crippen LogP contribution in [0, 0.1) is 10.1 Å². The summed E-state index contributed by atoms with van der Waals surface area (Å²) < 4.78 is 26.7. The van der Waals surface area contributed by atoms with E-state index in [1.807, 2.05) is 0 Å². The minimum atomic E-state index is -4.48. The molecular formula is C17H16N2O8S. The maximum Gasteiger partial charge on any atom is 0.335 e. The molecule has 0 radical (unpaired) electrons. The van der Waals surface area contributed by atoms with E-state index in [0.717, 1.165) is 19.1 Å². The van der Waals surface area contributed by atoms with Gasteiger partial charge in [0.05, 0.1) is 15.4 Å². The van der Waals surface area contributed by atoms with Crippen LogP contribution in [0.2, 0.25) is 0 Å². The molecule has 1 atom stereocenters. The molecule has 0 amide bonds. The number of carboxylic acid groups (broad SMARTS) is 2. The summed E-state index contributed by atoms with van der Waals surface area (Å²) in [5, 5.41) is 29.6. The summed E-state index contributed by atoms with van der Waals surface area (Å²) in [7, 11) is -4.48. The van der Waals surface area contributed by atoms with E-state index >= 15 is 0 Å². The van der Waals surface area contributed by atoms with Crippen molar-refractivity contribution < 1.29 is 33.1 Å². The normalized spacial score (nSPS) is 12.5. The van der Waals surface area contributed by atoms with Gasteiger partial charge in [-0.15, -0.1) is 0 Å². The third-order valence-electron chi connectivity index (χ3n) is 3.99. The summed E-state index contributed by atoms with van der Waals surface area (Å²) in [6, 6.07) is 8.24. The first kappa shape index (κ1) is 21.0. The van der Waals surface area contributed by atoms with Crippen molar-refractivity contribution in [2.75, 3.05) is 0 Å². The van der Waals surface area contributed by atoms with Crippen LogP contribution in [-0.4, -0.2) is 45.8 Å². The van der Waals surface area contributed by atoms with E-state index in [2.05, 4.69) is 0 Å². The van der Waals surface area contributed by atoms with Gasteiger partial charge in [0.25, 0.3) is 5.69 Å². The monoisotopic (exact) mass is 408 g/mol. The van der Waals surface area contributed by atoms with Crippen LogP contribution < -0.4 is 0 Å². The average molecular weight is 408 g/mol. The molecule has 0 saturated carbocycles. The minimum Gasteiger partial charge on any atom is -0.480 e. The fourth-order valence-electron chi connectivity index (χ4n) is 2.47. The summed E-state index contributed by atoms with van der Waals surface area (Å²) in [6.45, 7) is 0.542. The van der Waals surface area contributed by atoms with Crippen LogP contribution in [-0.2, 0) is 21.4 Å². The maximum atomic E-state index is 13.0. The van der Waals surface area contributed by atoms with Gasteiger partial charge >= 0.3 is 11.9 Å². The van der Waals surface area contributed by atoms with E-state index in [1.165, 1.54) is 36.4 Å². The van der Waals surface area contributed by atoms with E-state index in [1.54, 1.807) is 0 Å². The Morgan fingerprint density at radius 1 is 1.14 bits per heavy atom. The van der Waals surface area contributed by atoms with Crippen molar-refractivity contribution in [3.63, 3.8) is 0 Å². The van der Waals surface area contributed by atoms with Crippen LogP contribution in [0.15, 0.2) is 53.4 Å². The fourth-order valence-corrected chi connectivity index (χ4v) is 4.08. The Kier molecular flexibility index (Phi) is 6.11. The Balaban J connectivity index is 2.58. The van der Waals surface area contributed by atoms with Crippen molar-refractivity contribution in [2.45, 2.75) is 24.4 Å². The van der Waals surface area contributed by atoms with E-state index in [-0.39, 0.29) is 16.8 Å². The number of carboxylic acids is 2. The van der Waals surface area contributed by atoms with Crippen molar-refractivity contribution in [2.24, 2.45) is 0 Å². The number of carbonyl (C=O) groups is 2. The van der Waals surface area contributed by atoms with Gasteiger partial charge in [-0.25, -0.2) is 13.2 Å². The zero-order valence-electron chi connectivity index (χ0n) is 14.5. The van der Waals surface area contributed by atoms with Crippen LogP contribution in [0.5, 0.6) is 0 Å². The molecule has 0 spiro atoms. The molecular weight excluding hydrogens is 392 g/mol. The number of sulfonamides is 1. The Bertz CT molecular complexity index is 1030. The molecule has 0 aliphatic rings. The molecule has 0 bridgehead atoms. The van der Waals surface area contributed by atoms with E-state index in [4.69, 9.17) is 5.11 Å². The summed E-state index contributed by atoms with van der Waals surface area (Å²) in [5.41, 5.74) is -0.659. The number of aromatic carboxylic acids is 1. The molecule has 11 heteroatoms. The third-order valence-corrected chi connectivity index (χ3v) is 5.90. The lowest BCUT2D eigenvalue weighted by Gasteiger charge is -2.26. The molecule has 0 aliphatic heterocycles. The van der Waals surface area contributed by atoms with Gasteiger partial charge in [0.1, 0.15) is 6.04 Å². The molecule has 2 rings (SSSR count). The minimum absolute atomic E-state index is 0.00133. The zero-order chi connectivity index (χ0) is 21.1. The summed E-state index contributed by atoms with van der Waals surface area (Å²) in [4.78, 5) is 32.7. The molecule has 0 saturated heterocycles. The highest BCUT2D eigenvalue weighted by Gasteiger charge is 2.34. The van der Waals surface area contributed by atoms with E-state index in [0.29, 0.717) is 4.31 Å². The molecule has 2 aromatic rings. The lowest BCUT2D eigenvalue weighted by Crippen LogP contribution is -2.42. The standard InChI is InChI=1S/C17H16N2O8S/c1-11(16(20)21)18(10-13-5-2-3-8-15(13)19(24)25)28(26,27)14-7-4-6-12(9-14)17(22)23/h2-9,11H,10H2,1H3,(H,20,21)(H,22,23). The summed E-state index contributed by atoms with van der Waals surface area (Å²) in [5.74, 6) is -2.81. The Hall–Kier alpha value is -3.31. The topological polar surface area (TPSA) is 155 Å². The van der Waals surface area contributed by atoms with Gasteiger partial charge in [-0.2, -0.15) is 4.31 Å². The number of nitro benzene ring substituents is 1. The SMILES string of the molecule is CC(C(=O)O)N(Cc1ccccc1[N+](=O)[O-])S(=O)(=O)c1cccc(C(=O)O)c1. The molecule has 2 aromatic carbocycles. The van der Waals surface area contributed by atoms with Crippen molar-refractivity contribution >= 4 is 27.6 Å². The van der Waals surface area contributed by atoms with Crippen LogP contribution in [0.4, 0.5) is 5.69 Å². The van der Waals surface area contributed by atoms with Crippen LogP contribution in [0.1, 0.15) is 22.8 Å². The van der Waals surface area contributed by atoms with E-state index in [9.17, 15) is 33.2 Å². The number of nitrogens with zero attached hydrogens (tertiary/aromatic N) is 2. The molecule has 10 nitrogen and oxygen atoms in total. The highest BCUT2D eigenvalue weighted by molar-refractivity contribution is 7.89. The molecule has 0 heterocycles. The van der Waals surface area contributed by atoms with Gasteiger partial charge in [-0.05, 0) is 25.1 Å². The largest absolute Gasteiger partial charge is 0.480 e. The first-order valence-electron chi connectivity index (χ1n) is 7.86. The Labute approximate surface area is 159 Å². The molecule has 28 heavy (non-hydrogen) atoms. The third kappa shape index (κ3) is 4.32. The number of hydrogen-bond acceptors (Lipinski definition) is 6. The number of para-hydroxylation sites is 1. The average Bonchev–Trinajstić information content (AvgIpc) is 2.65. The van der Waals surface area contributed by atoms with Gasteiger partial charge < -0.3 is 10.2 Å². The first-order valence-corrected chi connectivity index (χ1v) is 9.30. The Morgan fingerprint density at radius 3 is 2.36 bits per heavy atom. The quantitative estimate of drug-likeness (QED) is 0.496. The first-order chi connectivity index (χ1) is 13.1. The second-order valence-corrected chi connectivity index (χ2v) is 7.67. The van der Waals surface area contributed by atoms with Crippen molar-refractivity contribution in [3.8, 4) is 0 Å². The zero-order valence-corrected chi connectivity index (χ0v) is 15.4. The van der Waals surface area contributed by atoms with Crippen molar-refractivity contribution in [3.05, 3.63) is 69.8 Å². The van der Waals surface area contributed by atoms with Crippen molar-refractivity contribution in [1.82, 2.24) is 4.31 Å². The molecule has 0 aliphatic carbocycles. The second-order valence-electron chi connectivity index (χ2n) is 5.78. The number of benzene rings is 2. The lowest BCUT2D eigenvalue weighted by atomic mass is 10.1. The summed E-state index contributed by atoms with van der Waals surface area (Å²) >= 11 is 0. The molecule has 2 N–H and O–H groups in total. The smallest absolute Gasteiger partial charge is 0.335 e. The van der Waals surface area contributed by atoms with Gasteiger partial charge in [0.2, 0.25) is 10.0 Å². The number of aliphatic carboxylic acids is 1. The lowest BCUT2D eigenvalue weighted by molar-refractivity contribution is -0.385. The van der Waals surface area contributed by atoms with Crippen LogP contribution in [0.3, 0.4) is 0 Å². The molecule has 148 valence electrons. The van der Waals surface area contributed by atoms with Gasteiger partial charge in [0.15, 0.2) is 0 Å². The predicted molar refractivity (Wildman–Crippen MR) is 96.3 cm³/mol. The van der Waals surface area contributed by atoms with Gasteiger partial charge in [0, 0.05) is 18.2 Å². The van der Waals surface area contributed by atoms with Gasteiger partial charge in [-0.3, -0.25) is 14.9 Å². The number of nitro groups is 1. The van der Waals surface area contributed by atoms with Crippen LogP contribution >= 0.6 is 0 Å². The second kappa shape index (κ2) is 8.15. The molecule has 1 unspecified atom stereocenters. The highest BCUT2D eigenvalue weighted by Crippen LogP contribution is 2.26. The predicted octanol–water partition coefficient (Wildman–Crippen LogP) is 1.96. The number of rotatable bonds is 8. The highest BCUT2D eigenvalue weighted by atomic mass is 32.2. The molecule has 0 aromatic heterocycles.